The van der Waals surface area contributed by atoms with Gasteiger partial charge in [0.25, 0.3) is 0 Å². The number of amides is 8. The molecule has 2 aromatic carbocycles. The zero-order valence-electron chi connectivity index (χ0n) is 38.9. The van der Waals surface area contributed by atoms with E-state index >= 15 is 0 Å². The second-order valence-corrected chi connectivity index (χ2v) is 17.7. The Morgan fingerprint density at radius 1 is 0.841 bits per heavy atom. The summed E-state index contributed by atoms with van der Waals surface area (Å²) in [5.74, 6) is -5.58. The fraction of sp³-hybridized carbons (Fsp3) is 0.447. The van der Waals surface area contributed by atoms with E-state index in [0.717, 1.165) is 22.9 Å². The van der Waals surface area contributed by atoms with Gasteiger partial charge in [-0.25, -0.2) is 4.98 Å². The number of unbranched alkanes of at least 4 members (excludes halogenated alkanes) is 1. The molecule has 2 aliphatic heterocycles. The van der Waals surface area contributed by atoms with Crippen molar-refractivity contribution < 1.29 is 38.4 Å². The molecule has 2 aromatic heterocycles. The van der Waals surface area contributed by atoms with Crippen LogP contribution >= 0.6 is 0 Å². The first-order valence-corrected chi connectivity index (χ1v) is 23.0. The molecule has 2 saturated heterocycles. The minimum Gasteiger partial charge on any atom is -0.370 e. The van der Waals surface area contributed by atoms with Crippen molar-refractivity contribution in [3.63, 3.8) is 0 Å². The molecule has 4 heterocycles. The minimum absolute atomic E-state index is 0.00487. The van der Waals surface area contributed by atoms with Crippen LogP contribution in [-0.2, 0) is 57.6 Å². The van der Waals surface area contributed by atoms with Gasteiger partial charge in [-0.2, -0.15) is 0 Å². The number of para-hydroxylation sites is 1. The smallest absolute Gasteiger partial charge is 0.246 e. The van der Waals surface area contributed by atoms with Crippen molar-refractivity contribution in [2.45, 2.75) is 126 Å². The van der Waals surface area contributed by atoms with E-state index in [4.69, 9.17) is 16.9 Å². The van der Waals surface area contributed by atoms with Gasteiger partial charge in [-0.15, -0.1) is 0 Å². The number of fused-ring (bicyclic) bond motifs is 2. The summed E-state index contributed by atoms with van der Waals surface area (Å²) in [5, 5.41) is 27.8. The summed E-state index contributed by atoms with van der Waals surface area (Å²) in [6.07, 6.45) is 6.87. The van der Waals surface area contributed by atoms with Crippen molar-refractivity contribution in [3.05, 3.63) is 90.1 Å². The molecule has 0 aliphatic carbocycles. The first-order valence-electron chi connectivity index (χ1n) is 23.0. The van der Waals surface area contributed by atoms with Crippen molar-refractivity contribution in [3.8, 4) is 0 Å². The highest BCUT2D eigenvalue weighted by atomic mass is 16.2. The molecule has 0 saturated carbocycles. The Labute approximate surface area is 398 Å². The van der Waals surface area contributed by atoms with Crippen LogP contribution in [0.25, 0.3) is 10.9 Å². The fourth-order valence-electron chi connectivity index (χ4n) is 9.11. The summed E-state index contributed by atoms with van der Waals surface area (Å²) in [7, 11) is 0. The van der Waals surface area contributed by atoms with E-state index < -0.39 is 95.1 Å². The van der Waals surface area contributed by atoms with E-state index in [1.807, 2.05) is 31.2 Å². The van der Waals surface area contributed by atoms with Crippen LogP contribution in [0.2, 0.25) is 0 Å². The van der Waals surface area contributed by atoms with Crippen molar-refractivity contribution in [1.29, 1.82) is 5.41 Å². The number of nitrogens with one attached hydrogen (secondary N) is 10. The maximum atomic E-state index is 14.5. The summed E-state index contributed by atoms with van der Waals surface area (Å²) in [5.41, 5.74) is 13.1. The number of H-pyrrole nitrogens is 2. The quantitative estimate of drug-likeness (QED) is 0.0321. The molecule has 368 valence electrons. The predicted molar refractivity (Wildman–Crippen MR) is 253 cm³/mol. The molecule has 2 aliphatic rings. The number of rotatable bonds is 23. The SMILES string of the molecule is CCCC[C@H](NC(C)=O)C(=O)N[C@@H](C)C(=O)N[C@@H](Cc1c[nH]cn1)C(=O)N[C@H](Cc1ccccc1)C(=O)N[C@H]1CC2(CNC(=N)N)CC[C@@H](C(=O)N[C@H](Cc3c[nH]c4ccccc34)C(N)=O)N2C1=O. The number of aromatic amines is 2. The Morgan fingerprint density at radius 2 is 1.54 bits per heavy atom. The number of hydrogen-bond donors (Lipinski definition) is 12. The maximum Gasteiger partial charge on any atom is 0.246 e. The van der Waals surface area contributed by atoms with Crippen molar-refractivity contribution >= 4 is 64.1 Å². The van der Waals surface area contributed by atoms with Gasteiger partial charge < -0.3 is 63.6 Å². The van der Waals surface area contributed by atoms with E-state index in [9.17, 15) is 38.4 Å². The molecule has 69 heavy (non-hydrogen) atoms. The van der Waals surface area contributed by atoms with Crippen LogP contribution in [0.3, 0.4) is 0 Å². The van der Waals surface area contributed by atoms with Gasteiger partial charge in [0.05, 0.1) is 17.6 Å². The van der Waals surface area contributed by atoms with E-state index in [1.165, 1.54) is 31.3 Å². The number of benzene rings is 2. The van der Waals surface area contributed by atoms with Crippen molar-refractivity contribution in [2.75, 3.05) is 6.54 Å². The lowest BCUT2D eigenvalue weighted by Gasteiger charge is -2.35. The number of aromatic nitrogens is 3. The number of carbonyl (C=O) groups excluding carboxylic acids is 8. The first-order chi connectivity index (χ1) is 33.0. The average molecular weight is 951 g/mol. The number of nitrogens with zero attached hydrogens (tertiary/aromatic N) is 2. The summed E-state index contributed by atoms with van der Waals surface area (Å²) in [4.78, 5) is 120. The van der Waals surface area contributed by atoms with Crippen molar-refractivity contribution in [1.82, 2.24) is 57.1 Å². The molecule has 2 fully saturated rings. The van der Waals surface area contributed by atoms with E-state index in [2.05, 4.69) is 52.2 Å². The third-order valence-corrected chi connectivity index (χ3v) is 12.6. The molecule has 8 atom stereocenters. The van der Waals surface area contributed by atoms with Crippen LogP contribution in [0.5, 0.6) is 0 Å². The van der Waals surface area contributed by atoms with Gasteiger partial charge in [0, 0.05) is 62.4 Å². The van der Waals surface area contributed by atoms with E-state index in [1.54, 1.807) is 36.5 Å². The molecule has 1 unspecified atom stereocenters. The molecule has 0 radical (unpaired) electrons. The lowest BCUT2D eigenvalue weighted by atomic mass is 9.92. The molecule has 4 aromatic rings. The molecule has 22 heteroatoms. The lowest BCUT2D eigenvalue weighted by molar-refractivity contribution is -0.141. The van der Waals surface area contributed by atoms with E-state index in [0.29, 0.717) is 24.1 Å². The Bertz CT molecular complexity index is 2510. The lowest BCUT2D eigenvalue weighted by Crippen LogP contribution is -2.59. The molecule has 14 N–H and O–H groups in total. The monoisotopic (exact) mass is 950 g/mol. The average Bonchev–Trinajstić information content (AvgIpc) is 4.12. The van der Waals surface area contributed by atoms with Gasteiger partial charge >= 0.3 is 0 Å². The van der Waals surface area contributed by atoms with Gasteiger partial charge in [0.15, 0.2) is 5.96 Å². The Morgan fingerprint density at radius 3 is 2.22 bits per heavy atom. The topological polar surface area (TPSA) is 344 Å². The zero-order chi connectivity index (χ0) is 49.8. The standard InChI is InChI=1S/C47H62N14O8/c1-4-5-14-33(56-27(3)62)41(65)55-26(2)40(64)58-36(20-30-23-51-25-54-30)43(67)59-35(18-28-11-7-6-8-12-28)42(66)60-37-21-47(24-53-46(49)50)17-16-38(61(47)45(37)69)44(68)57-34(39(48)63)19-29-22-52-32-15-10-9-13-31(29)32/h6-13,15,22-23,25-26,33-38,52H,4-5,14,16-21,24H2,1-3H3,(H2,48,63)(H,51,54)(H,55,65)(H,56,62)(H,57,68)(H,58,64)(H,59,67)(H,60,66)(H4,49,50,53)/t26-,33-,34+,35+,36-,37-,38-,47?/m0/s1. The third-order valence-electron chi connectivity index (χ3n) is 12.6. The molecular weight excluding hydrogens is 889 g/mol. The second kappa shape index (κ2) is 22.8. The van der Waals surface area contributed by atoms with Gasteiger partial charge in [-0.1, -0.05) is 68.3 Å². The number of hydrogen-bond acceptors (Lipinski definition) is 10. The zero-order valence-corrected chi connectivity index (χ0v) is 38.9. The van der Waals surface area contributed by atoms with Crippen LogP contribution in [0.4, 0.5) is 0 Å². The molecular formula is C47H62N14O8. The second-order valence-electron chi connectivity index (χ2n) is 17.7. The summed E-state index contributed by atoms with van der Waals surface area (Å²) >= 11 is 0. The summed E-state index contributed by atoms with van der Waals surface area (Å²) < 4.78 is 0. The third kappa shape index (κ3) is 12.8. The van der Waals surface area contributed by atoms with E-state index in [-0.39, 0.29) is 51.0 Å². The molecule has 0 bridgehead atoms. The number of guanidine groups is 1. The number of nitrogens with two attached hydrogens (primary N) is 2. The van der Waals surface area contributed by atoms with Crippen LogP contribution in [-0.4, -0.2) is 127 Å². The van der Waals surface area contributed by atoms with Crippen LogP contribution in [0.15, 0.2) is 73.3 Å². The molecule has 6 rings (SSSR count). The Hall–Kier alpha value is -7.78. The summed E-state index contributed by atoms with van der Waals surface area (Å²) in [6.45, 7) is 4.64. The molecule has 22 nitrogen and oxygen atoms in total. The van der Waals surface area contributed by atoms with Gasteiger partial charge in [0.1, 0.15) is 42.3 Å². The highest BCUT2D eigenvalue weighted by Crippen LogP contribution is 2.43. The van der Waals surface area contributed by atoms with Gasteiger partial charge in [0.2, 0.25) is 47.3 Å². The number of primary amides is 1. The minimum atomic E-state index is -1.31. The maximum absolute atomic E-state index is 14.5. The summed E-state index contributed by atoms with van der Waals surface area (Å²) in [6, 6.07) is 8.26. The fourth-order valence-corrected chi connectivity index (χ4v) is 9.11. The van der Waals surface area contributed by atoms with Crippen LogP contribution in [0.1, 0.15) is 76.1 Å². The first kappa shape index (κ1) is 50.6. The number of carbonyl (C=O) groups is 8. The Balaban J connectivity index is 1.20. The Kier molecular flexibility index (Phi) is 16.7. The number of imidazole rings is 1. The van der Waals surface area contributed by atoms with Crippen LogP contribution in [0, 0.1) is 5.41 Å². The highest BCUT2D eigenvalue weighted by molar-refractivity contribution is 5.99. The molecule has 0 spiro atoms. The highest BCUT2D eigenvalue weighted by Gasteiger charge is 2.59. The van der Waals surface area contributed by atoms with Gasteiger partial charge in [-0.3, -0.25) is 43.8 Å². The van der Waals surface area contributed by atoms with Crippen molar-refractivity contribution in [2.24, 2.45) is 11.5 Å². The largest absolute Gasteiger partial charge is 0.370 e. The van der Waals surface area contributed by atoms with Gasteiger partial charge in [-0.05, 0) is 43.4 Å². The normalized spacial score (nSPS) is 19.5. The predicted octanol–water partition coefficient (Wildman–Crippen LogP) is -0.840. The van der Waals surface area contributed by atoms with Crippen LogP contribution < -0.4 is 48.7 Å². The molecule has 8 amide bonds.